The SMILES string of the molecule is OCC1CC(c2ccccc2)C2(c3ccc(Br)cc3)Oc3cc(Cl)cnc3C12O. The van der Waals surface area contributed by atoms with Crippen molar-refractivity contribution in [1.29, 1.82) is 0 Å². The lowest BCUT2D eigenvalue weighted by Gasteiger charge is -2.41. The summed E-state index contributed by atoms with van der Waals surface area (Å²) in [5.74, 6) is -0.159. The molecule has 0 amide bonds. The number of aromatic nitrogens is 1. The number of fused-ring (bicyclic) bond motifs is 3. The Balaban J connectivity index is 1.81. The third-order valence-corrected chi connectivity index (χ3v) is 7.05. The van der Waals surface area contributed by atoms with Gasteiger partial charge in [-0.05, 0) is 29.7 Å². The van der Waals surface area contributed by atoms with Gasteiger partial charge in [0.15, 0.2) is 11.2 Å². The van der Waals surface area contributed by atoms with Crippen LogP contribution < -0.4 is 4.74 Å². The normalized spacial score (nSPS) is 29.9. The van der Waals surface area contributed by atoms with Gasteiger partial charge in [-0.1, -0.05) is 70.0 Å². The number of hydrogen-bond acceptors (Lipinski definition) is 4. The highest BCUT2D eigenvalue weighted by Gasteiger charge is 2.73. The molecule has 0 saturated heterocycles. The lowest BCUT2D eigenvalue weighted by Crippen LogP contribution is -2.51. The Morgan fingerprint density at radius 3 is 2.55 bits per heavy atom. The first-order chi connectivity index (χ1) is 14.0. The molecule has 1 aromatic heterocycles. The van der Waals surface area contributed by atoms with Crippen LogP contribution in [0.25, 0.3) is 0 Å². The molecule has 2 heterocycles. The van der Waals surface area contributed by atoms with E-state index < -0.39 is 17.1 Å². The second-order valence-corrected chi connectivity index (χ2v) is 9.04. The van der Waals surface area contributed by atoms with Crippen LogP contribution in [0, 0.1) is 5.92 Å². The zero-order chi connectivity index (χ0) is 20.2. The van der Waals surface area contributed by atoms with E-state index in [1.54, 1.807) is 6.07 Å². The molecule has 1 aliphatic carbocycles. The van der Waals surface area contributed by atoms with Gasteiger partial charge >= 0.3 is 0 Å². The summed E-state index contributed by atoms with van der Waals surface area (Å²) in [6.45, 7) is -0.175. The molecule has 6 heteroatoms. The van der Waals surface area contributed by atoms with Crippen LogP contribution >= 0.6 is 27.5 Å². The van der Waals surface area contributed by atoms with Crippen molar-refractivity contribution in [2.45, 2.75) is 23.5 Å². The number of halogens is 2. The highest BCUT2D eigenvalue weighted by molar-refractivity contribution is 9.10. The minimum absolute atomic E-state index is 0.175. The molecular weight excluding hydrogens is 454 g/mol. The molecule has 2 aliphatic rings. The van der Waals surface area contributed by atoms with Gasteiger partial charge in [-0.15, -0.1) is 0 Å². The molecule has 0 radical (unpaired) electrons. The maximum absolute atomic E-state index is 12.2. The van der Waals surface area contributed by atoms with Gasteiger partial charge in [-0.2, -0.15) is 0 Å². The van der Waals surface area contributed by atoms with E-state index >= 15 is 0 Å². The molecule has 1 fully saturated rings. The third kappa shape index (κ3) is 2.55. The van der Waals surface area contributed by atoms with Gasteiger partial charge in [-0.3, -0.25) is 4.98 Å². The fourth-order valence-electron chi connectivity index (χ4n) is 5.11. The van der Waals surface area contributed by atoms with Crippen LogP contribution in [0.15, 0.2) is 71.3 Å². The summed E-state index contributed by atoms with van der Waals surface area (Å²) in [5.41, 5.74) is -0.300. The fourth-order valence-corrected chi connectivity index (χ4v) is 5.52. The average molecular weight is 473 g/mol. The topological polar surface area (TPSA) is 62.6 Å². The van der Waals surface area contributed by atoms with Crippen LogP contribution in [-0.4, -0.2) is 21.8 Å². The van der Waals surface area contributed by atoms with Gasteiger partial charge in [0.1, 0.15) is 11.4 Å². The zero-order valence-electron chi connectivity index (χ0n) is 15.4. The van der Waals surface area contributed by atoms with Gasteiger partial charge < -0.3 is 14.9 Å². The zero-order valence-corrected chi connectivity index (χ0v) is 17.8. The van der Waals surface area contributed by atoms with E-state index in [1.165, 1.54) is 6.20 Å². The Morgan fingerprint density at radius 1 is 1.14 bits per heavy atom. The molecule has 4 nitrogen and oxygen atoms in total. The highest BCUT2D eigenvalue weighted by atomic mass is 79.9. The van der Waals surface area contributed by atoms with Gasteiger partial charge in [-0.25, -0.2) is 0 Å². The summed E-state index contributed by atoms with van der Waals surface area (Å²) in [6.07, 6.45) is 2.08. The van der Waals surface area contributed by atoms with E-state index in [9.17, 15) is 10.2 Å². The molecule has 2 N–H and O–H groups in total. The van der Waals surface area contributed by atoms with Crippen LogP contribution in [0.4, 0.5) is 0 Å². The monoisotopic (exact) mass is 471 g/mol. The molecule has 3 aromatic rings. The van der Waals surface area contributed by atoms with Crippen molar-refractivity contribution >= 4 is 27.5 Å². The minimum atomic E-state index is -1.49. The van der Waals surface area contributed by atoms with Crippen molar-refractivity contribution in [3.63, 3.8) is 0 Å². The molecule has 4 atom stereocenters. The Bertz CT molecular complexity index is 1060. The first-order valence-electron chi connectivity index (χ1n) is 9.50. The highest BCUT2D eigenvalue weighted by Crippen LogP contribution is 2.68. The Labute approximate surface area is 182 Å². The number of nitrogens with zero attached hydrogens (tertiary/aromatic N) is 1. The van der Waals surface area contributed by atoms with Crippen molar-refractivity contribution in [2.75, 3.05) is 6.61 Å². The van der Waals surface area contributed by atoms with Crippen LogP contribution in [0.1, 0.15) is 29.2 Å². The molecule has 2 aromatic carbocycles. The van der Waals surface area contributed by atoms with E-state index in [4.69, 9.17) is 16.3 Å². The van der Waals surface area contributed by atoms with Gasteiger partial charge in [0.2, 0.25) is 0 Å². The second kappa shape index (κ2) is 6.81. The van der Waals surface area contributed by atoms with E-state index in [0.29, 0.717) is 22.9 Å². The number of benzene rings is 2. The average Bonchev–Trinajstić information content (AvgIpc) is 3.13. The molecule has 5 rings (SSSR count). The largest absolute Gasteiger partial charge is 0.476 e. The van der Waals surface area contributed by atoms with Crippen molar-refractivity contribution < 1.29 is 14.9 Å². The maximum Gasteiger partial charge on any atom is 0.175 e. The van der Waals surface area contributed by atoms with Crippen molar-refractivity contribution in [3.8, 4) is 5.75 Å². The quantitative estimate of drug-likeness (QED) is 0.576. The smallest absolute Gasteiger partial charge is 0.175 e. The number of aliphatic hydroxyl groups is 2. The number of hydrogen-bond donors (Lipinski definition) is 2. The third-order valence-electron chi connectivity index (χ3n) is 6.31. The summed E-state index contributed by atoms with van der Waals surface area (Å²) >= 11 is 9.67. The molecule has 1 aliphatic heterocycles. The minimum Gasteiger partial charge on any atom is -0.476 e. The van der Waals surface area contributed by atoms with Crippen molar-refractivity contribution in [2.24, 2.45) is 5.92 Å². The molecule has 0 bridgehead atoms. The Morgan fingerprint density at radius 2 is 1.86 bits per heavy atom. The molecule has 148 valence electrons. The van der Waals surface area contributed by atoms with Gasteiger partial charge in [0.25, 0.3) is 0 Å². The first-order valence-corrected chi connectivity index (χ1v) is 10.7. The number of pyridine rings is 1. The predicted octanol–water partition coefficient (Wildman–Crippen LogP) is 4.77. The summed E-state index contributed by atoms with van der Waals surface area (Å²) in [5, 5.41) is 22.9. The standard InChI is InChI=1S/C23H19BrClNO3/c24-17-8-6-15(7-9-17)23-19(14-4-2-1-3-5-14)10-16(13-27)22(23,28)21-20(29-23)11-18(25)12-26-21/h1-9,11-12,16,19,27-28H,10,13H2. The van der Waals surface area contributed by atoms with Gasteiger partial charge in [0, 0.05) is 35.2 Å². The Kier molecular flexibility index (Phi) is 4.48. The summed E-state index contributed by atoms with van der Waals surface area (Å²) in [6, 6.07) is 19.5. The molecule has 4 unspecified atom stereocenters. The number of rotatable bonds is 3. The Hall–Kier alpha value is -1.92. The van der Waals surface area contributed by atoms with Crippen molar-refractivity contribution in [3.05, 3.63) is 93.2 Å². The predicted molar refractivity (Wildman–Crippen MR) is 114 cm³/mol. The summed E-state index contributed by atoms with van der Waals surface area (Å²) < 4.78 is 7.54. The summed E-state index contributed by atoms with van der Waals surface area (Å²) in [4.78, 5) is 4.46. The van der Waals surface area contributed by atoms with E-state index in [2.05, 4.69) is 20.9 Å². The molecule has 29 heavy (non-hydrogen) atoms. The second-order valence-electron chi connectivity index (χ2n) is 7.69. The summed E-state index contributed by atoms with van der Waals surface area (Å²) in [7, 11) is 0. The van der Waals surface area contributed by atoms with E-state index in [0.717, 1.165) is 15.6 Å². The van der Waals surface area contributed by atoms with Crippen LogP contribution in [-0.2, 0) is 11.2 Å². The fraction of sp³-hybridized carbons (Fsp3) is 0.261. The molecular formula is C23H19BrClNO3. The lowest BCUT2D eigenvalue weighted by atomic mass is 9.71. The number of ether oxygens (including phenoxy) is 1. The molecule has 1 saturated carbocycles. The van der Waals surface area contributed by atoms with Crippen LogP contribution in [0.2, 0.25) is 5.02 Å². The van der Waals surface area contributed by atoms with Crippen LogP contribution in [0.3, 0.4) is 0 Å². The van der Waals surface area contributed by atoms with E-state index in [-0.39, 0.29) is 12.5 Å². The maximum atomic E-state index is 12.2. The van der Waals surface area contributed by atoms with Gasteiger partial charge in [0.05, 0.1) is 5.02 Å². The van der Waals surface area contributed by atoms with E-state index in [1.807, 2.05) is 54.6 Å². The first kappa shape index (κ1) is 19.1. The lowest BCUT2D eigenvalue weighted by molar-refractivity contribution is -0.136. The van der Waals surface area contributed by atoms with Crippen LogP contribution in [0.5, 0.6) is 5.75 Å². The number of aliphatic hydroxyl groups excluding tert-OH is 1. The van der Waals surface area contributed by atoms with Crippen molar-refractivity contribution in [1.82, 2.24) is 4.98 Å². The molecule has 0 spiro atoms.